The van der Waals surface area contributed by atoms with E-state index in [1.165, 1.54) is 6.07 Å². The number of hydrogen-bond acceptors (Lipinski definition) is 11. The minimum absolute atomic E-state index is 0.174. The predicted molar refractivity (Wildman–Crippen MR) is 123 cm³/mol. The van der Waals surface area contributed by atoms with E-state index in [9.17, 15) is 38.0 Å². The number of hydrogen-bond donors (Lipinski definition) is 10. The molecule has 22 heteroatoms. The second-order valence-electron chi connectivity index (χ2n) is 6.53. The molecule has 0 bridgehead atoms. The molecule has 17 nitrogen and oxygen atoms in total. The highest BCUT2D eigenvalue weighted by molar-refractivity contribution is 7.99. The first-order valence-electron chi connectivity index (χ1n) is 8.79. The zero-order valence-corrected chi connectivity index (χ0v) is 21.4. The third-order valence-corrected chi connectivity index (χ3v) is 11.9. The van der Waals surface area contributed by atoms with Gasteiger partial charge in [0.05, 0.1) is 0 Å². The van der Waals surface area contributed by atoms with Gasteiger partial charge in [0.15, 0.2) is 0 Å². The molecule has 0 saturated heterocycles. The first-order valence-corrected chi connectivity index (χ1v) is 16.5. The molecule has 0 radical (unpaired) electrons. The number of rotatable bonds is 12. The summed E-state index contributed by atoms with van der Waals surface area (Å²) >= 11 is 0.681. The van der Waals surface area contributed by atoms with Gasteiger partial charge in [-0.1, -0.05) is 11.8 Å². The molecule has 0 amide bonds. The number of nitrogens with one attached hydrogen (secondary N) is 2. The zero-order valence-electron chi connectivity index (χ0n) is 17.0. The van der Waals surface area contributed by atoms with Gasteiger partial charge in [0, 0.05) is 23.4 Å². The van der Waals surface area contributed by atoms with Crippen molar-refractivity contribution in [1.82, 2.24) is 9.97 Å². The van der Waals surface area contributed by atoms with Crippen LogP contribution in [0.4, 0.5) is 11.6 Å². The average molecular weight is 596 g/mol. The molecule has 35 heavy (non-hydrogen) atoms. The quantitative estimate of drug-likeness (QED) is 0.0930. The van der Waals surface area contributed by atoms with Crippen LogP contribution in [0.1, 0.15) is 0 Å². The van der Waals surface area contributed by atoms with E-state index in [4.69, 9.17) is 24.1 Å². The maximum atomic E-state index is 12.6. The van der Waals surface area contributed by atoms with Crippen molar-refractivity contribution in [1.29, 1.82) is 0 Å². The van der Waals surface area contributed by atoms with Crippen LogP contribution in [0.5, 0.6) is 5.75 Å². The van der Waals surface area contributed by atoms with E-state index in [-0.39, 0.29) is 22.3 Å². The Labute approximate surface area is 201 Å². The normalized spacial score (nSPS) is 15.4. The van der Waals surface area contributed by atoms with Gasteiger partial charge in [-0.2, -0.15) is 0 Å². The van der Waals surface area contributed by atoms with Gasteiger partial charge >= 0.3 is 30.4 Å². The van der Waals surface area contributed by atoms with Crippen LogP contribution in [0.25, 0.3) is 0 Å². The number of aromatic hydroxyl groups is 1. The van der Waals surface area contributed by atoms with Crippen molar-refractivity contribution in [2.24, 2.45) is 0 Å². The first kappa shape index (κ1) is 29.9. The summed E-state index contributed by atoms with van der Waals surface area (Å²) in [5, 5.41) is 13.4. The van der Waals surface area contributed by atoms with Crippen LogP contribution < -0.4 is 10.6 Å². The van der Waals surface area contributed by atoms with Crippen molar-refractivity contribution in [2.75, 3.05) is 16.6 Å². The van der Waals surface area contributed by atoms with E-state index in [0.29, 0.717) is 11.8 Å². The number of anilines is 2. The fourth-order valence-electron chi connectivity index (χ4n) is 2.30. The molecule has 0 aliphatic carbocycles. The lowest BCUT2D eigenvalue weighted by Crippen LogP contribution is -2.22. The molecular formula is C13H20N4O13P4S. The van der Waals surface area contributed by atoms with Crippen molar-refractivity contribution in [2.45, 2.75) is 15.9 Å². The molecule has 0 aliphatic rings. The van der Waals surface area contributed by atoms with Crippen LogP contribution in [0.3, 0.4) is 0 Å². The van der Waals surface area contributed by atoms with Crippen molar-refractivity contribution >= 4 is 53.8 Å². The van der Waals surface area contributed by atoms with Crippen LogP contribution in [0, 0.1) is 0 Å². The monoisotopic (exact) mass is 596 g/mol. The van der Waals surface area contributed by atoms with E-state index in [1.807, 2.05) is 5.32 Å². The Bertz CT molecular complexity index is 1210. The first-order chi connectivity index (χ1) is 15.9. The minimum atomic E-state index is -5.30. The van der Waals surface area contributed by atoms with Crippen molar-refractivity contribution in [3.05, 3.63) is 36.7 Å². The average Bonchev–Trinajstić information content (AvgIpc) is 2.68. The van der Waals surface area contributed by atoms with Crippen LogP contribution in [0.2, 0.25) is 0 Å². The second-order valence-corrected chi connectivity index (χ2v) is 15.3. The van der Waals surface area contributed by atoms with Gasteiger partial charge < -0.3 is 50.0 Å². The molecule has 0 aliphatic heterocycles. The lowest BCUT2D eigenvalue weighted by Gasteiger charge is -2.24. The number of pyridine rings is 2. The van der Waals surface area contributed by atoms with Crippen LogP contribution in [0.15, 0.2) is 41.6 Å². The van der Waals surface area contributed by atoms with E-state index in [0.717, 1.165) is 30.6 Å². The number of thioether (sulfide) groups is 1. The van der Waals surface area contributed by atoms with E-state index in [2.05, 4.69) is 15.3 Å². The highest BCUT2D eigenvalue weighted by Crippen LogP contribution is 2.63. The third kappa shape index (κ3) is 9.23. The Kier molecular flexibility index (Phi) is 9.70. The summed E-state index contributed by atoms with van der Waals surface area (Å²) in [6.45, 7) is 0. The summed E-state index contributed by atoms with van der Waals surface area (Å²) < 4.78 is 51.9. The fraction of sp³-hybridized carbons (Fsp3) is 0.231. The standard InChI is InChI=1S/C13H20N4O13P4S/c18-8-1-3-14-10(5-8)17-13(33(25,26)27)34(28,29)30-7-35-9-2-4-15-11(6-9)16-12(31(19,20)21)32(22,23)24/h1-6,12-13H,7H2,(H,15,16)(H,28,29)(H2,14,17,18)(H2,19,20,21)(H2,22,23,24)(H2,25,26,27). The van der Waals surface area contributed by atoms with Gasteiger partial charge in [0.2, 0.25) is 11.0 Å². The van der Waals surface area contributed by atoms with Gasteiger partial charge in [-0.3, -0.25) is 22.8 Å². The van der Waals surface area contributed by atoms with Gasteiger partial charge in [-0.15, -0.1) is 0 Å². The highest BCUT2D eigenvalue weighted by Gasteiger charge is 2.46. The fourth-order valence-corrected chi connectivity index (χ4v) is 8.23. The van der Waals surface area contributed by atoms with Gasteiger partial charge in [-0.25, -0.2) is 9.97 Å². The van der Waals surface area contributed by atoms with Crippen LogP contribution in [-0.4, -0.2) is 66.3 Å². The molecule has 0 fully saturated rings. The van der Waals surface area contributed by atoms with Gasteiger partial charge in [0.1, 0.15) is 23.3 Å². The maximum absolute atomic E-state index is 12.6. The Morgan fingerprint density at radius 2 is 1.29 bits per heavy atom. The molecule has 2 atom stereocenters. The maximum Gasteiger partial charge on any atom is 0.363 e. The van der Waals surface area contributed by atoms with Gasteiger partial charge in [0.25, 0.3) is 0 Å². The molecule has 10 N–H and O–H groups in total. The van der Waals surface area contributed by atoms with Crippen LogP contribution in [-0.2, 0) is 22.8 Å². The minimum Gasteiger partial charge on any atom is -0.508 e. The Hall–Kier alpha value is -1.35. The summed E-state index contributed by atoms with van der Waals surface area (Å²) in [6.07, 6.45) is 2.17. The largest absolute Gasteiger partial charge is 0.508 e. The summed E-state index contributed by atoms with van der Waals surface area (Å²) in [4.78, 5) is 73.4. The van der Waals surface area contributed by atoms with E-state index < -0.39 is 47.4 Å². The lowest BCUT2D eigenvalue weighted by atomic mass is 10.4. The van der Waals surface area contributed by atoms with E-state index in [1.54, 1.807) is 0 Å². The molecule has 0 saturated carbocycles. The van der Waals surface area contributed by atoms with Crippen LogP contribution >= 0.6 is 42.1 Å². The summed E-state index contributed by atoms with van der Waals surface area (Å²) in [5.74, 6) is -1.68. The van der Waals surface area contributed by atoms with E-state index >= 15 is 0 Å². The molecule has 2 aromatic heterocycles. The molecule has 2 heterocycles. The van der Waals surface area contributed by atoms with Gasteiger partial charge in [-0.05, 0) is 18.2 Å². The molecule has 2 unspecified atom stereocenters. The summed E-state index contributed by atoms with van der Waals surface area (Å²) in [6, 6.07) is 4.50. The Balaban J connectivity index is 2.12. The summed E-state index contributed by atoms with van der Waals surface area (Å²) in [5.41, 5.74) is -5.01. The zero-order chi connectivity index (χ0) is 26.7. The molecule has 0 aromatic carbocycles. The summed E-state index contributed by atoms with van der Waals surface area (Å²) in [7, 11) is -21.0. The molecule has 0 spiro atoms. The highest BCUT2D eigenvalue weighted by atomic mass is 32.2. The Morgan fingerprint density at radius 3 is 1.80 bits per heavy atom. The third-order valence-electron chi connectivity index (χ3n) is 3.76. The molecule has 196 valence electrons. The molecule has 2 aromatic rings. The topological polar surface area (TPSA) is 289 Å². The second kappa shape index (κ2) is 11.4. The number of nitrogens with zero attached hydrogens (tertiary/aromatic N) is 2. The van der Waals surface area contributed by atoms with Crippen molar-refractivity contribution in [3.8, 4) is 5.75 Å². The predicted octanol–water partition coefficient (Wildman–Crippen LogP) is 1.06. The smallest absolute Gasteiger partial charge is 0.363 e. The molecule has 2 rings (SSSR count). The van der Waals surface area contributed by atoms with Crippen molar-refractivity contribution in [3.63, 3.8) is 0 Å². The Morgan fingerprint density at radius 1 is 0.800 bits per heavy atom. The lowest BCUT2D eigenvalue weighted by molar-refractivity contribution is 0.294. The molecular weight excluding hydrogens is 576 g/mol. The van der Waals surface area contributed by atoms with Crippen molar-refractivity contribution < 1.29 is 62.1 Å². The number of aromatic nitrogens is 2. The SMILES string of the molecule is O=P(O)(O)C(Nc1cc(SCOP(=O)(O)C(Nc2cc(O)ccn2)P(=O)(O)O)ccn1)P(=O)(O)O.